The molecule has 0 aromatic heterocycles. The molecule has 3 aliphatic rings. The standard InChI is InChI=1S/C16H29NO2/c1-11-5-4-7-16(18,9-11)10-17-13-12-6-8-19-14(12)15(13,2)3/h11-14,17-18H,4-10H2,1-3H3. The highest BCUT2D eigenvalue weighted by Crippen LogP contribution is 2.52. The van der Waals surface area contributed by atoms with Crippen molar-refractivity contribution in [1.29, 1.82) is 0 Å². The molecule has 3 nitrogen and oxygen atoms in total. The number of nitrogens with one attached hydrogen (secondary N) is 1. The normalized spacial score (nSPS) is 48.6. The van der Waals surface area contributed by atoms with E-state index in [9.17, 15) is 5.11 Å². The minimum absolute atomic E-state index is 0.220. The smallest absolute Gasteiger partial charge is 0.0774 e. The lowest BCUT2D eigenvalue weighted by Gasteiger charge is -2.55. The molecular formula is C16H29NO2. The minimum Gasteiger partial charge on any atom is -0.389 e. The molecule has 110 valence electrons. The highest BCUT2D eigenvalue weighted by Gasteiger charge is 2.59. The van der Waals surface area contributed by atoms with E-state index in [0.717, 1.165) is 26.0 Å². The third-order valence-electron chi connectivity index (χ3n) is 5.82. The molecule has 1 heterocycles. The zero-order chi connectivity index (χ0) is 13.7. The molecule has 2 saturated carbocycles. The molecule has 0 amide bonds. The number of fused-ring (bicyclic) bond motifs is 1. The lowest BCUT2D eigenvalue weighted by molar-refractivity contribution is -0.119. The lowest BCUT2D eigenvalue weighted by Crippen LogP contribution is -2.67. The lowest BCUT2D eigenvalue weighted by atomic mass is 9.57. The molecule has 2 N–H and O–H groups in total. The maximum Gasteiger partial charge on any atom is 0.0774 e. The summed E-state index contributed by atoms with van der Waals surface area (Å²) >= 11 is 0. The molecule has 3 rings (SSSR count). The number of hydrogen-bond donors (Lipinski definition) is 2. The molecule has 3 fully saturated rings. The summed E-state index contributed by atoms with van der Waals surface area (Å²) in [5, 5.41) is 14.4. The molecule has 0 aromatic rings. The Balaban J connectivity index is 1.57. The predicted octanol–water partition coefficient (Wildman–Crippen LogP) is 2.33. The van der Waals surface area contributed by atoms with Crippen molar-refractivity contribution >= 4 is 0 Å². The van der Waals surface area contributed by atoms with Crippen LogP contribution in [0, 0.1) is 17.3 Å². The van der Waals surface area contributed by atoms with E-state index < -0.39 is 5.60 Å². The molecule has 1 aliphatic heterocycles. The second-order valence-corrected chi connectivity index (χ2v) is 7.85. The monoisotopic (exact) mass is 267 g/mol. The second-order valence-electron chi connectivity index (χ2n) is 7.85. The molecule has 0 spiro atoms. The van der Waals surface area contributed by atoms with E-state index in [4.69, 9.17) is 4.74 Å². The van der Waals surface area contributed by atoms with Crippen molar-refractivity contribution in [2.75, 3.05) is 13.2 Å². The summed E-state index contributed by atoms with van der Waals surface area (Å²) in [5.41, 5.74) is -0.254. The molecular weight excluding hydrogens is 238 g/mol. The molecule has 0 aromatic carbocycles. The van der Waals surface area contributed by atoms with E-state index in [1.807, 2.05) is 0 Å². The molecule has 5 unspecified atom stereocenters. The first-order valence-corrected chi connectivity index (χ1v) is 8.00. The van der Waals surface area contributed by atoms with E-state index >= 15 is 0 Å². The Hall–Kier alpha value is -0.120. The minimum atomic E-state index is -0.474. The first-order chi connectivity index (χ1) is 8.92. The third kappa shape index (κ3) is 2.34. The van der Waals surface area contributed by atoms with Gasteiger partial charge >= 0.3 is 0 Å². The van der Waals surface area contributed by atoms with Crippen molar-refractivity contribution in [2.24, 2.45) is 17.3 Å². The Labute approximate surface area is 117 Å². The maximum atomic E-state index is 10.7. The van der Waals surface area contributed by atoms with Gasteiger partial charge in [-0.1, -0.05) is 33.6 Å². The van der Waals surface area contributed by atoms with Gasteiger partial charge in [-0.05, 0) is 25.2 Å². The number of aliphatic hydroxyl groups is 1. The quantitative estimate of drug-likeness (QED) is 0.824. The van der Waals surface area contributed by atoms with E-state index in [0.29, 0.717) is 24.0 Å². The largest absolute Gasteiger partial charge is 0.389 e. The van der Waals surface area contributed by atoms with Gasteiger partial charge < -0.3 is 15.2 Å². The summed E-state index contributed by atoms with van der Waals surface area (Å²) in [5.74, 6) is 1.33. The van der Waals surface area contributed by atoms with E-state index in [-0.39, 0.29) is 5.41 Å². The van der Waals surface area contributed by atoms with Crippen LogP contribution in [0.5, 0.6) is 0 Å². The number of hydrogen-bond acceptors (Lipinski definition) is 3. The summed E-state index contributed by atoms with van der Waals surface area (Å²) in [4.78, 5) is 0. The van der Waals surface area contributed by atoms with Gasteiger partial charge in [0.1, 0.15) is 0 Å². The topological polar surface area (TPSA) is 41.5 Å². The predicted molar refractivity (Wildman–Crippen MR) is 76.0 cm³/mol. The van der Waals surface area contributed by atoms with E-state index in [1.54, 1.807) is 0 Å². The Kier molecular flexibility index (Phi) is 3.43. The van der Waals surface area contributed by atoms with Crippen molar-refractivity contribution in [3.63, 3.8) is 0 Å². The van der Waals surface area contributed by atoms with Gasteiger partial charge in [0.25, 0.3) is 0 Å². The van der Waals surface area contributed by atoms with Gasteiger partial charge in [-0.2, -0.15) is 0 Å². The zero-order valence-corrected chi connectivity index (χ0v) is 12.6. The van der Waals surface area contributed by atoms with Crippen molar-refractivity contribution < 1.29 is 9.84 Å². The van der Waals surface area contributed by atoms with E-state index in [2.05, 4.69) is 26.1 Å². The second kappa shape index (κ2) is 4.71. The Morgan fingerprint density at radius 3 is 2.84 bits per heavy atom. The SMILES string of the molecule is CC1CCCC(O)(CNC2C3CCOC3C2(C)C)C1. The van der Waals surface area contributed by atoms with Gasteiger partial charge in [0, 0.05) is 30.5 Å². The highest BCUT2D eigenvalue weighted by atomic mass is 16.5. The maximum absolute atomic E-state index is 10.7. The van der Waals surface area contributed by atoms with Crippen LogP contribution in [0.1, 0.15) is 52.9 Å². The van der Waals surface area contributed by atoms with Gasteiger partial charge in [-0.3, -0.25) is 0 Å². The van der Waals surface area contributed by atoms with Crippen LogP contribution >= 0.6 is 0 Å². The van der Waals surface area contributed by atoms with Crippen LogP contribution in [0.25, 0.3) is 0 Å². The van der Waals surface area contributed by atoms with Crippen LogP contribution in [0.15, 0.2) is 0 Å². The fraction of sp³-hybridized carbons (Fsp3) is 1.00. The van der Waals surface area contributed by atoms with Gasteiger partial charge in [0.2, 0.25) is 0 Å². The Morgan fingerprint density at radius 1 is 1.32 bits per heavy atom. The van der Waals surface area contributed by atoms with Gasteiger partial charge in [0.05, 0.1) is 11.7 Å². The summed E-state index contributed by atoms with van der Waals surface area (Å²) in [6, 6.07) is 0.515. The van der Waals surface area contributed by atoms with Crippen molar-refractivity contribution in [1.82, 2.24) is 5.32 Å². The average molecular weight is 267 g/mol. The van der Waals surface area contributed by atoms with Crippen LogP contribution in [-0.4, -0.2) is 36.0 Å². The molecule has 19 heavy (non-hydrogen) atoms. The van der Waals surface area contributed by atoms with Crippen molar-refractivity contribution in [2.45, 2.75) is 70.6 Å². The molecule has 1 saturated heterocycles. The summed E-state index contributed by atoms with van der Waals surface area (Å²) < 4.78 is 5.83. The van der Waals surface area contributed by atoms with Crippen molar-refractivity contribution in [3.05, 3.63) is 0 Å². The first kappa shape index (κ1) is 13.8. The van der Waals surface area contributed by atoms with Gasteiger partial charge in [0.15, 0.2) is 0 Å². The fourth-order valence-corrected chi connectivity index (χ4v) is 4.83. The number of rotatable bonds is 3. The first-order valence-electron chi connectivity index (χ1n) is 8.00. The summed E-state index contributed by atoms with van der Waals surface area (Å²) in [6.07, 6.45) is 5.98. The summed E-state index contributed by atoms with van der Waals surface area (Å²) in [6.45, 7) is 8.53. The summed E-state index contributed by atoms with van der Waals surface area (Å²) in [7, 11) is 0. The highest BCUT2D eigenvalue weighted by molar-refractivity contribution is 5.11. The molecule has 0 bridgehead atoms. The zero-order valence-electron chi connectivity index (χ0n) is 12.6. The number of ether oxygens (including phenoxy) is 1. The van der Waals surface area contributed by atoms with Crippen LogP contribution in [0.3, 0.4) is 0 Å². The average Bonchev–Trinajstić information content (AvgIpc) is 2.75. The molecule has 2 aliphatic carbocycles. The van der Waals surface area contributed by atoms with Crippen LogP contribution in [0.4, 0.5) is 0 Å². The Bertz CT molecular complexity index is 344. The van der Waals surface area contributed by atoms with Crippen LogP contribution in [0.2, 0.25) is 0 Å². The third-order valence-corrected chi connectivity index (χ3v) is 5.82. The molecule has 5 atom stereocenters. The van der Waals surface area contributed by atoms with Gasteiger partial charge in [-0.15, -0.1) is 0 Å². The van der Waals surface area contributed by atoms with Crippen molar-refractivity contribution in [3.8, 4) is 0 Å². The molecule has 3 heteroatoms. The van der Waals surface area contributed by atoms with E-state index in [1.165, 1.54) is 19.3 Å². The van der Waals surface area contributed by atoms with Crippen LogP contribution < -0.4 is 5.32 Å². The Morgan fingerprint density at radius 2 is 2.11 bits per heavy atom. The fourth-order valence-electron chi connectivity index (χ4n) is 4.83. The van der Waals surface area contributed by atoms with Gasteiger partial charge in [-0.25, -0.2) is 0 Å². The molecule has 0 radical (unpaired) electrons. The van der Waals surface area contributed by atoms with Crippen LogP contribution in [-0.2, 0) is 4.74 Å².